The van der Waals surface area contributed by atoms with Gasteiger partial charge in [0.15, 0.2) is 0 Å². The van der Waals surface area contributed by atoms with Gasteiger partial charge in [0.2, 0.25) is 5.91 Å². The number of hydrogen-bond donors (Lipinski definition) is 2. The van der Waals surface area contributed by atoms with Crippen molar-refractivity contribution in [3.63, 3.8) is 0 Å². The minimum absolute atomic E-state index is 0.297. The van der Waals surface area contributed by atoms with Crippen LogP contribution in [0.4, 0.5) is 4.79 Å². The lowest BCUT2D eigenvalue weighted by atomic mass is 9.69. The van der Waals surface area contributed by atoms with E-state index >= 15 is 0 Å². The molecule has 7 heteroatoms. The van der Waals surface area contributed by atoms with Gasteiger partial charge in [0.25, 0.3) is 0 Å². The summed E-state index contributed by atoms with van der Waals surface area (Å²) in [6.45, 7) is 1.30. The fraction of sp³-hybridized carbons (Fsp3) is 0.389. The van der Waals surface area contributed by atoms with Crippen LogP contribution in [0.2, 0.25) is 0 Å². The molecular weight excluding hydrogens is 322 g/mol. The number of carbonyl (C=O) groups is 3. The zero-order valence-corrected chi connectivity index (χ0v) is 14.1. The highest BCUT2D eigenvalue weighted by atomic mass is 16.5. The molecule has 2 aromatic rings. The minimum atomic E-state index is -0.895. The van der Waals surface area contributed by atoms with E-state index in [1.165, 1.54) is 11.5 Å². The third-order valence-corrected chi connectivity index (χ3v) is 4.98. The van der Waals surface area contributed by atoms with Crippen molar-refractivity contribution in [3.8, 4) is 5.75 Å². The molecule has 1 aliphatic rings. The molecule has 7 nitrogen and oxygen atoms in total. The lowest BCUT2D eigenvalue weighted by molar-refractivity contribution is -0.131. The van der Waals surface area contributed by atoms with E-state index in [2.05, 4.69) is 0 Å². The molecule has 1 aromatic carbocycles. The molecule has 0 saturated heterocycles. The number of amides is 2. The normalized spacial score (nSPS) is 16.5. The van der Waals surface area contributed by atoms with Gasteiger partial charge in [-0.1, -0.05) is 25.3 Å². The molecule has 0 bridgehead atoms. The molecule has 0 unspecified atom stereocenters. The summed E-state index contributed by atoms with van der Waals surface area (Å²) in [6, 6.07) is 4.33. The van der Waals surface area contributed by atoms with Crippen molar-refractivity contribution in [3.05, 3.63) is 30.0 Å². The third-order valence-electron chi connectivity index (χ3n) is 4.98. The van der Waals surface area contributed by atoms with Crippen molar-refractivity contribution in [2.75, 3.05) is 0 Å². The molecule has 0 atom stereocenters. The van der Waals surface area contributed by atoms with E-state index in [0.29, 0.717) is 35.1 Å². The number of nitrogens with two attached hydrogens (primary N) is 2. The third kappa shape index (κ3) is 2.75. The van der Waals surface area contributed by atoms with Crippen LogP contribution in [0.5, 0.6) is 5.75 Å². The summed E-state index contributed by atoms with van der Waals surface area (Å²) >= 11 is 0. The van der Waals surface area contributed by atoms with E-state index in [0.717, 1.165) is 19.3 Å². The molecular formula is C18H21N3O4. The molecule has 0 spiro atoms. The minimum Gasteiger partial charge on any atom is -0.426 e. The van der Waals surface area contributed by atoms with Crippen LogP contribution in [0.25, 0.3) is 10.9 Å². The Kier molecular flexibility index (Phi) is 4.24. The van der Waals surface area contributed by atoms with Gasteiger partial charge in [0.1, 0.15) is 5.75 Å². The average Bonchev–Trinajstić information content (AvgIpc) is 2.96. The van der Waals surface area contributed by atoms with Gasteiger partial charge < -0.3 is 16.2 Å². The highest BCUT2D eigenvalue weighted by Gasteiger charge is 2.42. The molecule has 2 amide bonds. The van der Waals surface area contributed by atoms with Crippen LogP contribution in [-0.4, -0.2) is 22.5 Å². The Balaban J connectivity index is 2.34. The number of aromatic nitrogens is 1. The van der Waals surface area contributed by atoms with E-state index in [-0.39, 0.29) is 0 Å². The lowest BCUT2D eigenvalue weighted by Gasteiger charge is -2.34. The highest BCUT2D eigenvalue weighted by molar-refractivity contribution is 6.02. The maximum Gasteiger partial charge on any atom is 0.323 e. The fourth-order valence-corrected chi connectivity index (χ4v) is 3.84. The smallest absolute Gasteiger partial charge is 0.323 e. The Bertz CT molecular complexity index is 863. The highest BCUT2D eigenvalue weighted by Crippen LogP contribution is 2.45. The quantitative estimate of drug-likeness (QED) is 0.656. The molecule has 1 saturated carbocycles. The summed E-state index contributed by atoms with van der Waals surface area (Å²) in [4.78, 5) is 35.8. The first-order chi connectivity index (χ1) is 11.9. The van der Waals surface area contributed by atoms with Gasteiger partial charge >= 0.3 is 12.0 Å². The Labute approximate surface area is 144 Å². The second kappa shape index (κ2) is 6.23. The van der Waals surface area contributed by atoms with Gasteiger partial charge in [-0.3, -0.25) is 14.2 Å². The van der Waals surface area contributed by atoms with Crippen LogP contribution >= 0.6 is 0 Å². The van der Waals surface area contributed by atoms with Crippen LogP contribution in [0.1, 0.15) is 44.6 Å². The van der Waals surface area contributed by atoms with Gasteiger partial charge in [-0.05, 0) is 30.5 Å². The summed E-state index contributed by atoms with van der Waals surface area (Å²) in [5.41, 5.74) is 11.5. The lowest BCUT2D eigenvalue weighted by Crippen LogP contribution is -2.42. The molecule has 4 N–H and O–H groups in total. The number of ether oxygens (including phenoxy) is 1. The van der Waals surface area contributed by atoms with Crippen LogP contribution in [0, 0.1) is 0 Å². The van der Waals surface area contributed by atoms with Gasteiger partial charge in [0.05, 0.1) is 10.9 Å². The van der Waals surface area contributed by atoms with Crippen molar-refractivity contribution in [2.24, 2.45) is 11.5 Å². The van der Waals surface area contributed by atoms with Crippen LogP contribution in [0.15, 0.2) is 24.4 Å². The molecule has 1 aromatic heterocycles. The zero-order valence-electron chi connectivity index (χ0n) is 14.1. The summed E-state index contributed by atoms with van der Waals surface area (Å²) in [7, 11) is 0. The van der Waals surface area contributed by atoms with Crippen molar-refractivity contribution >= 4 is 28.8 Å². The number of nitrogens with zero attached hydrogens (tertiary/aromatic N) is 1. The van der Waals surface area contributed by atoms with E-state index in [1.807, 2.05) is 0 Å². The van der Waals surface area contributed by atoms with Gasteiger partial charge in [-0.15, -0.1) is 0 Å². The van der Waals surface area contributed by atoms with E-state index < -0.39 is 23.3 Å². The predicted molar refractivity (Wildman–Crippen MR) is 92.2 cm³/mol. The molecule has 1 aliphatic carbocycles. The van der Waals surface area contributed by atoms with E-state index in [4.69, 9.17) is 16.2 Å². The maximum atomic E-state index is 12.4. The van der Waals surface area contributed by atoms with Crippen molar-refractivity contribution in [2.45, 2.75) is 44.4 Å². The summed E-state index contributed by atoms with van der Waals surface area (Å²) < 4.78 is 6.60. The first-order valence-corrected chi connectivity index (χ1v) is 8.29. The van der Waals surface area contributed by atoms with Crippen LogP contribution in [0.3, 0.4) is 0 Å². The average molecular weight is 343 g/mol. The number of rotatable bonds is 3. The predicted octanol–water partition coefficient (Wildman–Crippen LogP) is 2.18. The first kappa shape index (κ1) is 17.0. The maximum absolute atomic E-state index is 12.4. The SMILES string of the molecule is CC(=O)Oc1cccc2c1c(C1(C(N)=O)CCCCC1)cn2C(N)=O. The van der Waals surface area contributed by atoms with Gasteiger partial charge in [-0.25, -0.2) is 4.79 Å². The molecule has 25 heavy (non-hydrogen) atoms. The number of fused-ring (bicyclic) bond motifs is 1. The monoisotopic (exact) mass is 343 g/mol. The van der Waals surface area contributed by atoms with Crippen LogP contribution in [-0.2, 0) is 15.0 Å². The standard InChI is InChI=1S/C18H21N3O4/c1-11(22)25-14-7-5-6-13-15(14)12(10-21(13)17(20)24)18(16(19)23)8-3-2-4-9-18/h5-7,10H,2-4,8-9H2,1H3,(H2,19,23)(H2,20,24). The Morgan fingerprint density at radius 2 is 1.80 bits per heavy atom. The number of benzene rings is 1. The molecule has 1 fully saturated rings. The zero-order chi connectivity index (χ0) is 18.2. The number of carbonyl (C=O) groups excluding carboxylic acids is 3. The first-order valence-electron chi connectivity index (χ1n) is 8.29. The summed E-state index contributed by atoms with van der Waals surface area (Å²) in [6.07, 6.45) is 5.50. The molecule has 1 heterocycles. The van der Waals surface area contributed by atoms with Crippen molar-refractivity contribution in [1.82, 2.24) is 4.57 Å². The Morgan fingerprint density at radius 3 is 2.36 bits per heavy atom. The second-order valence-electron chi connectivity index (χ2n) is 6.50. The largest absolute Gasteiger partial charge is 0.426 e. The van der Waals surface area contributed by atoms with E-state index in [1.54, 1.807) is 24.4 Å². The summed E-state index contributed by atoms with van der Waals surface area (Å²) in [5.74, 6) is -0.624. The Hall–Kier alpha value is -2.83. The van der Waals surface area contributed by atoms with E-state index in [9.17, 15) is 14.4 Å². The molecule has 132 valence electrons. The molecule has 0 aliphatic heterocycles. The summed E-state index contributed by atoms with van der Waals surface area (Å²) in [5, 5.41) is 0.539. The molecule has 0 radical (unpaired) electrons. The second-order valence-corrected chi connectivity index (χ2v) is 6.50. The van der Waals surface area contributed by atoms with Crippen molar-refractivity contribution < 1.29 is 19.1 Å². The number of primary amides is 2. The number of hydrogen-bond acceptors (Lipinski definition) is 4. The number of esters is 1. The molecule has 3 rings (SSSR count). The van der Waals surface area contributed by atoms with Gasteiger partial charge in [0, 0.05) is 18.5 Å². The van der Waals surface area contributed by atoms with Gasteiger partial charge in [-0.2, -0.15) is 0 Å². The fourth-order valence-electron chi connectivity index (χ4n) is 3.84. The topological polar surface area (TPSA) is 117 Å². The van der Waals surface area contributed by atoms with Crippen molar-refractivity contribution in [1.29, 1.82) is 0 Å². The Morgan fingerprint density at radius 1 is 1.12 bits per heavy atom. The van der Waals surface area contributed by atoms with Crippen LogP contribution < -0.4 is 16.2 Å².